The normalized spacial score (nSPS) is 11.5. The Bertz CT molecular complexity index is 2800. The van der Waals surface area contributed by atoms with Gasteiger partial charge < -0.3 is 4.57 Å². The topological polar surface area (TPSA) is 69.6 Å². The van der Waals surface area contributed by atoms with Gasteiger partial charge in [-0.1, -0.05) is 42.5 Å². The van der Waals surface area contributed by atoms with Gasteiger partial charge in [0.2, 0.25) is 0 Å². The van der Waals surface area contributed by atoms with Gasteiger partial charge in [0.05, 0.1) is 22.6 Å². The second-order valence-corrected chi connectivity index (χ2v) is 25.9. The summed E-state index contributed by atoms with van der Waals surface area (Å²) in [6, 6.07) is 47.7. The van der Waals surface area contributed by atoms with Gasteiger partial charge in [0.15, 0.2) is 0 Å². The first-order valence-corrected chi connectivity index (χ1v) is 26.1. The molecule has 9 aromatic rings. The maximum atomic E-state index is 6.15. The fourth-order valence-corrected chi connectivity index (χ4v) is 10.7. The van der Waals surface area contributed by atoms with E-state index in [-0.39, 0.29) is 20.1 Å². The molecule has 0 saturated heterocycles. The molecule has 1 radical (unpaired) electrons. The van der Waals surface area contributed by atoms with Crippen LogP contribution in [-0.2, 0) is 20.1 Å². The Labute approximate surface area is 344 Å². The van der Waals surface area contributed by atoms with Gasteiger partial charge in [-0.2, -0.15) is 0 Å². The van der Waals surface area contributed by atoms with Crippen molar-refractivity contribution in [3.8, 4) is 39.6 Å². The molecule has 6 nitrogen and oxygen atoms in total. The van der Waals surface area contributed by atoms with Gasteiger partial charge in [-0.15, -0.1) is 35.9 Å². The van der Waals surface area contributed by atoms with E-state index in [1.54, 1.807) is 0 Å². The number of pyridine rings is 3. The summed E-state index contributed by atoms with van der Waals surface area (Å²) in [7, 11) is 0. The third-order valence-electron chi connectivity index (χ3n) is 9.84. The summed E-state index contributed by atoms with van der Waals surface area (Å²) in [4.78, 5) is 19.0. The standard InChI is InChI=1S/C25H18N3.C23H25GeN2O.Ir/c1-18-16-21(17-23(26-18)19-10-4-2-5-11-19)28-24-15-9-8-14-22(24)27-25(28)20-12-6-3-7-13-20;1-14(2)19-12-21(25-13-20(19)24(4,5)6)18-9-7-8-16-17-11-10-15(3)26-23(17)27-22(16)18;/h2-12,14-17H,1H3;7-8,10-14H,1-6H3;/q2*-1;. The van der Waals surface area contributed by atoms with Crippen molar-refractivity contribution in [2.24, 2.45) is 0 Å². The summed E-state index contributed by atoms with van der Waals surface area (Å²) < 4.78 is 9.82. The van der Waals surface area contributed by atoms with Crippen LogP contribution in [0.5, 0.6) is 0 Å². The van der Waals surface area contributed by atoms with E-state index in [1.807, 2.05) is 92.7 Å². The molecule has 0 aliphatic heterocycles. The number of aromatic nitrogens is 5. The zero-order chi connectivity index (χ0) is 38.3. The SMILES string of the molecule is Cc1cc(-n2c(-c3[c-]cccc3)nc3ccccc32)cc(-c2ccccc2)n1.Cc1ccc2c(n1)oc1c(-c3cc(C(C)C)[c]([Ge]([CH3])([CH3])[CH3])cn3)[c-]ccc12.[Ir]. The van der Waals surface area contributed by atoms with E-state index in [9.17, 15) is 0 Å². The van der Waals surface area contributed by atoms with Gasteiger partial charge >= 0.3 is 163 Å². The zero-order valence-corrected chi connectivity index (χ0v) is 37.2. The minimum absolute atomic E-state index is 0. The molecule has 9 rings (SSSR count). The smallest absolute Gasteiger partial charge is 0 e. The zero-order valence-electron chi connectivity index (χ0n) is 32.7. The van der Waals surface area contributed by atoms with Crippen LogP contribution < -0.4 is 4.40 Å². The molecule has 5 aromatic heterocycles. The summed E-state index contributed by atoms with van der Waals surface area (Å²) >= 11 is -1.99. The van der Waals surface area contributed by atoms with E-state index in [0.717, 1.165) is 78.4 Å². The Morgan fingerprint density at radius 3 is 2.21 bits per heavy atom. The average molecular weight is 971 g/mol. The van der Waals surface area contributed by atoms with Gasteiger partial charge in [-0.25, -0.2) is 0 Å². The van der Waals surface area contributed by atoms with Gasteiger partial charge in [0, 0.05) is 37.1 Å². The first kappa shape index (κ1) is 39.0. The quantitative estimate of drug-likeness (QED) is 0.123. The molecule has 4 aromatic carbocycles. The number of furan rings is 1. The summed E-state index contributed by atoms with van der Waals surface area (Å²) in [5.41, 5.74) is 12.8. The predicted octanol–water partition coefficient (Wildman–Crippen LogP) is 11.7. The predicted molar refractivity (Wildman–Crippen MR) is 229 cm³/mol. The monoisotopic (exact) mass is 972 g/mol. The molecule has 0 saturated carbocycles. The Balaban J connectivity index is 0.000000169. The molecule has 0 unspecified atom stereocenters. The van der Waals surface area contributed by atoms with Crippen molar-refractivity contribution in [2.75, 3.05) is 0 Å². The molecule has 0 amide bonds. The van der Waals surface area contributed by atoms with E-state index < -0.39 is 13.3 Å². The maximum absolute atomic E-state index is 6.15. The molecular formula is C48H43GeIrN5O-2. The number of fused-ring (bicyclic) bond motifs is 4. The number of nitrogens with zero attached hydrogens (tertiary/aromatic N) is 5. The van der Waals surface area contributed by atoms with Crippen LogP contribution in [-0.4, -0.2) is 37.8 Å². The van der Waals surface area contributed by atoms with Crippen LogP contribution in [0, 0.1) is 26.0 Å². The summed E-state index contributed by atoms with van der Waals surface area (Å²) in [5, 5.41) is 2.10. The van der Waals surface area contributed by atoms with E-state index in [0.29, 0.717) is 11.6 Å². The van der Waals surface area contributed by atoms with Crippen LogP contribution in [0.15, 0.2) is 132 Å². The number of rotatable bonds is 6. The third-order valence-corrected chi connectivity index (χ3v) is 14.1. The molecule has 281 valence electrons. The van der Waals surface area contributed by atoms with Gasteiger partial charge in [0.25, 0.3) is 0 Å². The first-order chi connectivity index (χ1) is 26.5. The Hall–Kier alpha value is -5.21. The van der Waals surface area contributed by atoms with Crippen LogP contribution in [0.1, 0.15) is 36.7 Å². The summed E-state index contributed by atoms with van der Waals surface area (Å²) in [5.74, 6) is 8.60. The van der Waals surface area contributed by atoms with Crippen molar-refractivity contribution >= 4 is 50.8 Å². The third kappa shape index (κ3) is 7.77. The van der Waals surface area contributed by atoms with Crippen LogP contribution in [0.2, 0.25) is 17.3 Å². The maximum Gasteiger partial charge on any atom is 0 e. The fourth-order valence-electron chi connectivity index (χ4n) is 7.15. The van der Waals surface area contributed by atoms with E-state index >= 15 is 0 Å². The van der Waals surface area contributed by atoms with Crippen LogP contribution >= 0.6 is 0 Å². The fraction of sp³-hybridized carbons (Fsp3) is 0.167. The number of hydrogen-bond donors (Lipinski definition) is 0. The molecule has 8 heteroatoms. The van der Waals surface area contributed by atoms with Crippen molar-refractivity contribution in [3.05, 3.63) is 157 Å². The van der Waals surface area contributed by atoms with Crippen molar-refractivity contribution in [1.29, 1.82) is 0 Å². The van der Waals surface area contributed by atoms with E-state index in [2.05, 4.69) is 101 Å². The van der Waals surface area contributed by atoms with Crippen LogP contribution in [0.4, 0.5) is 0 Å². The molecule has 0 atom stereocenters. The van der Waals surface area contributed by atoms with Crippen molar-refractivity contribution in [1.82, 2.24) is 24.5 Å². The minimum Gasteiger partial charge on any atom is 0 e. The molecule has 0 N–H and O–H groups in total. The summed E-state index contributed by atoms with van der Waals surface area (Å²) in [6.45, 7) is 8.53. The number of aryl methyl sites for hydroxylation is 2. The number of para-hydroxylation sites is 2. The first-order valence-electron chi connectivity index (χ1n) is 18.8. The van der Waals surface area contributed by atoms with Gasteiger partial charge in [0.1, 0.15) is 0 Å². The Morgan fingerprint density at radius 1 is 0.696 bits per heavy atom. The second-order valence-electron chi connectivity index (χ2n) is 15.3. The molecule has 5 heterocycles. The molecule has 0 aliphatic carbocycles. The average Bonchev–Trinajstić information content (AvgIpc) is 3.76. The van der Waals surface area contributed by atoms with Crippen LogP contribution in [0.25, 0.3) is 72.7 Å². The molecular weight excluding hydrogens is 927 g/mol. The Kier molecular flexibility index (Phi) is 11.2. The van der Waals surface area contributed by atoms with E-state index in [4.69, 9.17) is 19.4 Å². The summed E-state index contributed by atoms with van der Waals surface area (Å²) in [6.07, 6.45) is 2.10. The Morgan fingerprint density at radius 2 is 1.46 bits per heavy atom. The molecule has 0 spiro atoms. The van der Waals surface area contributed by atoms with Gasteiger partial charge in [-0.05, 0) is 31.2 Å². The minimum atomic E-state index is -1.99. The van der Waals surface area contributed by atoms with Crippen LogP contribution in [0.3, 0.4) is 0 Å². The van der Waals surface area contributed by atoms with Crippen molar-refractivity contribution in [2.45, 2.75) is 50.9 Å². The number of imidazole rings is 1. The van der Waals surface area contributed by atoms with E-state index in [1.165, 1.54) is 9.96 Å². The molecule has 0 bridgehead atoms. The van der Waals surface area contributed by atoms with Crippen molar-refractivity contribution in [3.63, 3.8) is 0 Å². The molecule has 56 heavy (non-hydrogen) atoms. The number of benzene rings is 4. The molecule has 0 aliphatic rings. The van der Waals surface area contributed by atoms with Crippen molar-refractivity contribution < 1.29 is 24.5 Å². The van der Waals surface area contributed by atoms with Gasteiger partial charge in [-0.3, -0.25) is 9.97 Å². The largest absolute Gasteiger partial charge is 0 e. The number of hydrogen-bond acceptors (Lipinski definition) is 5. The molecule has 0 fully saturated rings. The second kappa shape index (κ2) is 16.1.